The van der Waals surface area contributed by atoms with E-state index in [4.69, 9.17) is 11.6 Å². The number of hydrogen-bond acceptors (Lipinski definition) is 3. The zero-order valence-corrected chi connectivity index (χ0v) is 12.1. The van der Waals surface area contributed by atoms with Gasteiger partial charge in [0.1, 0.15) is 11.5 Å². The minimum Gasteiger partial charge on any atom is -0.506 e. The van der Waals surface area contributed by atoms with E-state index >= 15 is 0 Å². The maximum Gasteiger partial charge on any atom is 0.573 e. The van der Waals surface area contributed by atoms with E-state index in [1.165, 1.54) is 30.3 Å². The van der Waals surface area contributed by atoms with Gasteiger partial charge in [-0.05, 0) is 42.5 Å². The molecule has 0 aliphatic rings. The van der Waals surface area contributed by atoms with E-state index in [1.807, 2.05) is 0 Å². The molecule has 0 saturated carbocycles. The van der Waals surface area contributed by atoms with E-state index < -0.39 is 18.1 Å². The Balaban J connectivity index is 1.99. The molecular weight excluding hydrogens is 337 g/mol. The van der Waals surface area contributed by atoms with Gasteiger partial charge >= 0.3 is 12.4 Å². The van der Waals surface area contributed by atoms with Gasteiger partial charge < -0.3 is 20.5 Å². The second kappa shape index (κ2) is 6.66. The summed E-state index contributed by atoms with van der Waals surface area (Å²) in [5.74, 6) is -0.589. The van der Waals surface area contributed by atoms with E-state index in [0.29, 0.717) is 5.02 Å². The van der Waals surface area contributed by atoms with Crippen LogP contribution in [0.4, 0.5) is 29.3 Å². The molecule has 0 aliphatic carbocycles. The van der Waals surface area contributed by atoms with Crippen LogP contribution in [0.3, 0.4) is 0 Å². The lowest BCUT2D eigenvalue weighted by Crippen LogP contribution is -2.19. The number of benzene rings is 2. The quantitative estimate of drug-likeness (QED) is 0.712. The molecule has 0 spiro atoms. The Hall–Kier alpha value is -2.61. The smallest absolute Gasteiger partial charge is 0.506 e. The van der Waals surface area contributed by atoms with Gasteiger partial charge in [-0.15, -0.1) is 13.2 Å². The van der Waals surface area contributed by atoms with Crippen LogP contribution in [-0.2, 0) is 0 Å². The van der Waals surface area contributed by atoms with Gasteiger partial charge in [-0.1, -0.05) is 11.6 Å². The van der Waals surface area contributed by atoms with E-state index in [9.17, 15) is 23.1 Å². The summed E-state index contributed by atoms with van der Waals surface area (Å²) in [5, 5.41) is 14.6. The second-order valence-electron chi connectivity index (χ2n) is 4.31. The molecule has 2 aromatic carbocycles. The highest BCUT2D eigenvalue weighted by Gasteiger charge is 2.30. The van der Waals surface area contributed by atoms with Crippen molar-refractivity contribution in [3.63, 3.8) is 0 Å². The van der Waals surface area contributed by atoms with Gasteiger partial charge in [-0.2, -0.15) is 0 Å². The fourth-order valence-corrected chi connectivity index (χ4v) is 1.81. The van der Waals surface area contributed by atoms with Gasteiger partial charge in [-0.3, -0.25) is 0 Å². The lowest BCUT2D eigenvalue weighted by Gasteiger charge is -2.11. The van der Waals surface area contributed by atoms with Crippen LogP contribution in [0.2, 0.25) is 5.02 Å². The molecule has 2 aromatic rings. The molecule has 0 unspecified atom stereocenters. The number of rotatable bonds is 3. The maximum atomic E-state index is 12.0. The number of phenolic OH excluding ortho intramolecular Hbond substituents is 1. The van der Waals surface area contributed by atoms with Gasteiger partial charge in [0.25, 0.3) is 0 Å². The highest BCUT2D eigenvalue weighted by Crippen LogP contribution is 2.27. The molecule has 0 atom stereocenters. The van der Waals surface area contributed by atoms with Crippen molar-refractivity contribution in [3.05, 3.63) is 47.5 Å². The number of anilines is 2. The predicted octanol–water partition coefficient (Wildman–Crippen LogP) is 4.59. The zero-order chi connectivity index (χ0) is 17.0. The molecule has 2 rings (SSSR count). The lowest BCUT2D eigenvalue weighted by atomic mass is 10.3. The summed E-state index contributed by atoms with van der Waals surface area (Å²) in [5.41, 5.74) is 0.325. The fourth-order valence-electron chi connectivity index (χ4n) is 1.63. The zero-order valence-electron chi connectivity index (χ0n) is 11.3. The monoisotopic (exact) mass is 346 g/mol. The molecule has 0 heterocycles. The second-order valence-corrected chi connectivity index (χ2v) is 4.75. The average Bonchev–Trinajstić information content (AvgIpc) is 2.43. The van der Waals surface area contributed by atoms with Crippen LogP contribution in [-0.4, -0.2) is 17.5 Å². The van der Waals surface area contributed by atoms with Crippen molar-refractivity contribution in [2.45, 2.75) is 6.36 Å². The normalized spacial score (nSPS) is 11.0. The minimum absolute atomic E-state index is 0.0898. The number of carbonyl (C=O) groups is 1. The number of ether oxygens (including phenoxy) is 1. The Kier molecular flexibility index (Phi) is 4.85. The highest BCUT2D eigenvalue weighted by molar-refractivity contribution is 6.31. The van der Waals surface area contributed by atoms with Crippen molar-refractivity contribution < 1.29 is 27.8 Å². The molecule has 0 bridgehead atoms. The summed E-state index contributed by atoms with van der Waals surface area (Å²) >= 11 is 5.74. The third-order valence-corrected chi connectivity index (χ3v) is 2.79. The summed E-state index contributed by atoms with van der Waals surface area (Å²) in [7, 11) is 0. The number of halogens is 4. The van der Waals surface area contributed by atoms with Crippen LogP contribution in [0.25, 0.3) is 0 Å². The molecule has 0 radical (unpaired) electrons. The van der Waals surface area contributed by atoms with E-state index in [0.717, 1.165) is 12.1 Å². The van der Waals surface area contributed by atoms with Crippen LogP contribution >= 0.6 is 11.6 Å². The van der Waals surface area contributed by atoms with Gasteiger partial charge in [0, 0.05) is 10.7 Å². The lowest BCUT2D eigenvalue weighted by molar-refractivity contribution is -0.274. The van der Waals surface area contributed by atoms with Crippen LogP contribution < -0.4 is 15.4 Å². The number of nitrogens with one attached hydrogen (secondary N) is 2. The molecular formula is C14H10ClF3N2O3. The predicted molar refractivity (Wildman–Crippen MR) is 78.9 cm³/mol. The van der Waals surface area contributed by atoms with Crippen molar-refractivity contribution in [3.8, 4) is 11.5 Å². The summed E-state index contributed by atoms with van der Waals surface area (Å²) in [4.78, 5) is 11.8. The van der Waals surface area contributed by atoms with Gasteiger partial charge in [0.05, 0.1) is 5.69 Å². The SMILES string of the molecule is O=C(Nc1ccc(OC(F)(F)F)cc1)Nc1cc(Cl)ccc1O. The molecule has 0 fully saturated rings. The van der Waals surface area contributed by atoms with Gasteiger partial charge in [0.15, 0.2) is 0 Å². The van der Waals surface area contributed by atoms with Gasteiger partial charge in [0.2, 0.25) is 0 Å². The minimum atomic E-state index is -4.78. The molecule has 3 N–H and O–H groups in total. The van der Waals surface area contributed by atoms with Crippen LogP contribution in [0.1, 0.15) is 0 Å². The average molecular weight is 347 g/mol. The van der Waals surface area contributed by atoms with Gasteiger partial charge in [-0.25, -0.2) is 4.79 Å². The summed E-state index contributed by atoms with van der Waals surface area (Å²) in [6.45, 7) is 0. The number of urea groups is 1. The molecule has 0 aromatic heterocycles. The molecule has 2 amide bonds. The van der Waals surface area contributed by atoms with Crippen LogP contribution in [0, 0.1) is 0 Å². The number of hydrogen-bond donors (Lipinski definition) is 3. The number of carbonyl (C=O) groups excluding carboxylic acids is 1. The van der Waals surface area contributed by atoms with Crippen molar-refractivity contribution in [2.24, 2.45) is 0 Å². The summed E-state index contributed by atoms with van der Waals surface area (Å²) in [6, 6.07) is 7.97. The standard InChI is InChI=1S/C14H10ClF3N2O3/c15-8-1-6-12(21)11(7-8)20-13(22)19-9-2-4-10(5-3-9)23-14(16,17)18/h1-7,21H,(H2,19,20,22). The molecule has 9 heteroatoms. The first-order valence-corrected chi connectivity index (χ1v) is 6.53. The van der Waals surface area contributed by atoms with Crippen LogP contribution in [0.5, 0.6) is 11.5 Å². The highest BCUT2D eigenvalue weighted by atomic mass is 35.5. The van der Waals surface area contributed by atoms with Crippen molar-refractivity contribution in [1.29, 1.82) is 0 Å². The Labute approximate surface area is 133 Å². The Morgan fingerprint density at radius 2 is 1.74 bits per heavy atom. The number of alkyl halides is 3. The van der Waals surface area contributed by atoms with E-state index in [2.05, 4.69) is 15.4 Å². The topological polar surface area (TPSA) is 70.6 Å². The molecule has 0 aliphatic heterocycles. The maximum absolute atomic E-state index is 12.0. The third-order valence-electron chi connectivity index (χ3n) is 2.55. The Morgan fingerprint density at radius 3 is 2.35 bits per heavy atom. The number of phenols is 1. The number of amides is 2. The van der Waals surface area contributed by atoms with Crippen molar-refractivity contribution in [2.75, 3.05) is 10.6 Å². The molecule has 0 saturated heterocycles. The third kappa shape index (κ3) is 5.26. The summed E-state index contributed by atoms with van der Waals surface area (Å²) in [6.07, 6.45) is -4.78. The summed E-state index contributed by atoms with van der Waals surface area (Å²) < 4.78 is 39.8. The largest absolute Gasteiger partial charge is 0.573 e. The fraction of sp³-hybridized carbons (Fsp3) is 0.0714. The molecule has 23 heavy (non-hydrogen) atoms. The first-order valence-electron chi connectivity index (χ1n) is 6.15. The van der Waals surface area contributed by atoms with E-state index in [1.54, 1.807) is 0 Å². The molecule has 5 nitrogen and oxygen atoms in total. The Morgan fingerprint density at radius 1 is 1.09 bits per heavy atom. The van der Waals surface area contributed by atoms with Crippen molar-refractivity contribution in [1.82, 2.24) is 0 Å². The first-order chi connectivity index (χ1) is 10.7. The van der Waals surface area contributed by atoms with E-state index in [-0.39, 0.29) is 17.1 Å². The number of aromatic hydroxyl groups is 1. The molecule has 122 valence electrons. The Bertz CT molecular complexity index is 705. The first kappa shape index (κ1) is 16.8. The van der Waals surface area contributed by atoms with Crippen LogP contribution in [0.15, 0.2) is 42.5 Å². The van der Waals surface area contributed by atoms with Crippen molar-refractivity contribution >= 4 is 29.0 Å².